The van der Waals surface area contributed by atoms with E-state index in [4.69, 9.17) is 4.74 Å². The number of nitrogens with zero attached hydrogens (tertiary/aromatic N) is 3. The number of fused-ring (bicyclic) bond motifs is 3. The van der Waals surface area contributed by atoms with Crippen molar-refractivity contribution in [2.24, 2.45) is 0 Å². The predicted octanol–water partition coefficient (Wildman–Crippen LogP) is 6.66. The van der Waals surface area contributed by atoms with Gasteiger partial charge in [0.05, 0.1) is 27.6 Å². The van der Waals surface area contributed by atoms with E-state index in [1.54, 1.807) is 24.2 Å². The minimum atomic E-state index is 0.00425. The fourth-order valence-corrected chi connectivity index (χ4v) is 6.23. The lowest BCUT2D eigenvalue weighted by atomic mass is 10.0. The summed E-state index contributed by atoms with van der Waals surface area (Å²) in [4.78, 5) is 28.0. The van der Waals surface area contributed by atoms with Crippen LogP contribution in [-0.4, -0.2) is 19.5 Å². The molecule has 0 unspecified atom stereocenters. The zero-order valence-corrected chi connectivity index (χ0v) is 21.8. The van der Waals surface area contributed by atoms with Crippen LogP contribution in [0.1, 0.15) is 17.0 Å². The average Bonchev–Trinajstić information content (AvgIpc) is 3.34. The van der Waals surface area contributed by atoms with Crippen molar-refractivity contribution >= 4 is 49.6 Å². The highest BCUT2D eigenvalue weighted by Crippen LogP contribution is 2.44. The fourth-order valence-electron chi connectivity index (χ4n) is 4.77. The lowest BCUT2D eigenvalue weighted by Gasteiger charge is -2.24. The number of para-hydroxylation sites is 2. The van der Waals surface area contributed by atoms with E-state index in [-0.39, 0.29) is 12.0 Å². The summed E-state index contributed by atoms with van der Waals surface area (Å²) in [5, 5.41) is 0.636. The average molecular weight is 567 g/mol. The Labute approximate surface area is 224 Å². The molecule has 0 radical (unpaired) electrons. The van der Waals surface area contributed by atoms with Crippen LogP contribution in [0.4, 0.5) is 0 Å². The van der Waals surface area contributed by atoms with Gasteiger partial charge in [0, 0.05) is 44.8 Å². The zero-order chi connectivity index (χ0) is 24.9. The predicted molar refractivity (Wildman–Crippen MR) is 149 cm³/mol. The van der Waals surface area contributed by atoms with Gasteiger partial charge in [0.2, 0.25) is 0 Å². The smallest absolute Gasteiger partial charge is 0.193 e. The molecule has 6 nitrogen and oxygen atoms in total. The van der Waals surface area contributed by atoms with Gasteiger partial charge in [-0.05, 0) is 54.1 Å². The molecule has 0 atom stereocenters. The molecule has 37 heavy (non-hydrogen) atoms. The highest BCUT2D eigenvalue weighted by Gasteiger charge is 2.23. The van der Waals surface area contributed by atoms with Crippen molar-refractivity contribution in [3.05, 3.63) is 117 Å². The number of ether oxygens (including phenoxy) is 1. The standard InChI is InChI=1S/C29H19BrN4O2S/c30-19-7-8-25-24(11-19)34-15-18(10-17-4-3-9-31-14-17)29(35)21-12-20(13-26(37-25)28(21)34)36-16-27-32-22-5-1-2-6-23(22)33-27/h1-9,11-15H,10,16H2,(H,32,33). The van der Waals surface area contributed by atoms with Gasteiger partial charge in [0.1, 0.15) is 18.2 Å². The number of pyridine rings is 2. The molecular formula is C29H19BrN4O2S. The van der Waals surface area contributed by atoms with Gasteiger partial charge in [-0.2, -0.15) is 0 Å². The van der Waals surface area contributed by atoms with E-state index in [2.05, 4.69) is 47.6 Å². The van der Waals surface area contributed by atoms with Crippen LogP contribution in [0.5, 0.6) is 5.75 Å². The number of hydrogen-bond donors (Lipinski definition) is 1. The van der Waals surface area contributed by atoms with Crippen LogP contribution in [0.15, 0.2) is 104 Å². The molecule has 0 saturated carbocycles. The monoisotopic (exact) mass is 566 g/mol. The normalized spacial score (nSPS) is 12.1. The number of nitrogens with one attached hydrogen (secondary N) is 1. The lowest BCUT2D eigenvalue weighted by Crippen LogP contribution is -2.17. The van der Waals surface area contributed by atoms with Crippen molar-refractivity contribution < 1.29 is 4.74 Å². The van der Waals surface area contributed by atoms with Gasteiger partial charge in [0.15, 0.2) is 5.43 Å². The molecule has 7 rings (SSSR count). The van der Waals surface area contributed by atoms with Crippen molar-refractivity contribution in [1.29, 1.82) is 0 Å². The summed E-state index contributed by atoms with van der Waals surface area (Å²) in [7, 11) is 0. The molecule has 1 aliphatic rings. The first kappa shape index (κ1) is 22.3. The molecule has 0 spiro atoms. The molecule has 8 heteroatoms. The first-order valence-corrected chi connectivity index (χ1v) is 13.4. The highest BCUT2D eigenvalue weighted by atomic mass is 79.9. The summed E-state index contributed by atoms with van der Waals surface area (Å²) < 4.78 is 9.31. The molecule has 3 aromatic heterocycles. The number of hydrogen-bond acceptors (Lipinski definition) is 5. The van der Waals surface area contributed by atoms with Gasteiger partial charge in [-0.1, -0.05) is 45.9 Å². The highest BCUT2D eigenvalue weighted by molar-refractivity contribution is 9.10. The van der Waals surface area contributed by atoms with Crippen LogP contribution in [0, 0.1) is 0 Å². The molecule has 0 bridgehead atoms. The van der Waals surface area contributed by atoms with Crippen LogP contribution >= 0.6 is 27.7 Å². The Morgan fingerprint density at radius 3 is 2.81 bits per heavy atom. The zero-order valence-electron chi connectivity index (χ0n) is 19.4. The third-order valence-corrected chi connectivity index (χ3v) is 8.03. The second-order valence-corrected chi connectivity index (χ2v) is 10.9. The molecule has 6 aromatic rings. The van der Waals surface area contributed by atoms with E-state index in [1.807, 2.05) is 60.8 Å². The van der Waals surface area contributed by atoms with Crippen molar-refractivity contribution in [3.8, 4) is 11.4 Å². The van der Waals surface area contributed by atoms with E-state index in [9.17, 15) is 4.79 Å². The van der Waals surface area contributed by atoms with Gasteiger partial charge >= 0.3 is 0 Å². The molecule has 3 aromatic carbocycles. The number of H-pyrrole nitrogens is 1. The first-order chi connectivity index (χ1) is 18.1. The molecule has 0 aliphatic carbocycles. The van der Waals surface area contributed by atoms with Gasteiger partial charge < -0.3 is 14.3 Å². The summed E-state index contributed by atoms with van der Waals surface area (Å²) in [6.45, 7) is 0.275. The van der Waals surface area contributed by atoms with E-state index >= 15 is 0 Å². The maximum Gasteiger partial charge on any atom is 0.193 e. The van der Waals surface area contributed by atoms with E-state index in [1.165, 1.54) is 0 Å². The Morgan fingerprint density at radius 2 is 1.95 bits per heavy atom. The minimum Gasteiger partial charge on any atom is -0.486 e. The van der Waals surface area contributed by atoms with E-state index < -0.39 is 0 Å². The summed E-state index contributed by atoms with van der Waals surface area (Å²) in [5.41, 5.74) is 5.51. The maximum absolute atomic E-state index is 13.8. The number of benzene rings is 3. The van der Waals surface area contributed by atoms with E-state index in [0.29, 0.717) is 23.1 Å². The number of rotatable bonds is 5. The van der Waals surface area contributed by atoms with Gasteiger partial charge in [-0.15, -0.1) is 0 Å². The molecule has 0 fully saturated rings. The Balaban J connectivity index is 1.35. The Kier molecular flexibility index (Phi) is 5.37. The first-order valence-electron chi connectivity index (χ1n) is 11.8. The quantitative estimate of drug-likeness (QED) is 0.252. The van der Waals surface area contributed by atoms with Crippen LogP contribution in [-0.2, 0) is 13.0 Å². The molecule has 0 saturated heterocycles. The minimum absolute atomic E-state index is 0.00425. The second kappa shape index (κ2) is 8.90. The Hall–Kier alpha value is -3.88. The molecule has 1 aliphatic heterocycles. The topological polar surface area (TPSA) is 72.8 Å². The lowest BCUT2D eigenvalue weighted by molar-refractivity contribution is 0.297. The van der Waals surface area contributed by atoms with E-state index in [0.717, 1.165) is 47.9 Å². The third-order valence-electron chi connectivity index (χ3n) is 6.44. The number of imidazole rings is 1. The molecule has 1 N–H and O–H groups in total. The molecule has 180 valence electrons. The van der Waals surface area contributed by atoms with Crippen LogP contribution < -0.4 is 10.2 Å². The molecular weight excluding hydrogens is 548 g/mol. The van der Waals surface area contributed by atoms with Crippen LogP contribution in [0.25, 0.3) is 27.6 Å². The summed E-state index contributed by atoms with van der Waals surface area (Å²) in [5.74, 6) is 1.37. The van der Waals surface area contributed by atoms with Gasteiger partial charge in [-0.25, -0.2) is 4.98 Å². The largest absolute Gasteiger partial charge is 0.486 e. The third kappa shape index (κ3) is 4.02. The van der Waals surface area contributed by atoms with Crippen molar-refractivity contribution in [2.45, 2.75) is 22.8 Å². The van der Waals surface area contributed by atoms with Crippen LogP contribution in [0.3, 0.4) is 0 Å². The molecule has 4 heterocycles. The maximum atomic E-state index is 13.8. The van der Waals surface area contributed by atoms with Crippen LogP contribution in [0.2, 0.25) is 0 Å². The fraction of sp³-hybridized carbons (Fsp3) is 0.0690. The van der Waals surface area contributed by atoms with Crippen molar-refractivity contribution in [3.63, 3.8) is 0 Å². The van der Waals surface area contributed by atoms with Crippen molar-refractivity contribution in [1.82, 2.24) is 19.5 Å². The van der Waals surface area contributed by atoms with Gasteiger partial charge in [-0.3, -0.25) is 9.78 Å². The molecule has 0 amide bonds. The second-order valence-electron chi connectivity index (χ2n) is 8.91. The SMILES string of the molecule is O=c1c(Cc2cccnc2)cn2c3c(cc(OCc4nc5ccccc5[nH]4)cc13)Sc1ccc(Br)cc1-2. The summed E-state index contributed by atoms with van der Waals surface area (Å²) in [6, 6.07) is 21.9. The number of aromatic amines is 1. The summed E-state index contributed by atoms with van der Waals surface area (Å²) >= 11 is 5.26. The number of halogens is 1. The van der Waals surface area contributed by atoms with Crippen molar-refractivity contribution in [2.75, 3.05) is 0 Å². The van der Waals surface area contributed by atoms with Gasteiger partial charge in [0.25, 0.3) is 0 Å². The Morgan fingerprint density at radius 1 is 1.03 bits per heavy atom. The Bertz CT molecular complexity index is 1850. The summed E-state index contributed by atoms with van der Waals surface area (Å²) in [6.07, 6.45) is 6.02. The number of aromatic nitrogens is 4.